The van der Waals surface area contributed by atoms with Gasteiger partial charge in [-0.1, -0.05) is 42.5 Å². The second-order valence-electron chi connectivity index (χ2n) is 5.45. The van der Waals surface area contributed by atoms with Crippen LogP contribution in [0.3, 0.4) is 0 Å². The Kier molecular flexibility index (Phi) is 7.41. The lowest BCUT2D eigenvalue weighted by molar-refractivity contribution is -0.120. The van der Waals surface area contributed by atoms with Gasteiger partial charge in [0.25, 0.3) is 0 Å². The highest BCUT2D eigenvalue weighted by Gasteiger charge is 2.03. The highest BCUT2D eigenvalue weighted by molar-refractivity contribution is 6.01. The Morgan fingerprint density at radius 1 is 1.04 bits per heavy atom. The summed E-state index contributed by atoms with van der Waals surface area (Å²) in [4.78, 5) is 23.6. The molecule has 2 rings (SSSR count). The summed E-state index contributed by atoms with van der Waals surface area (Å²) >= 11 is 0. The van der Waals surface area contributed by atoms with Crippen molar-refractivity contribution in [1.82, 2.24) is 5.32 Å². The van der Waals surface area contributed by atoms with Crippen LogP contribution in [0.25, 0.3) is 6.08 Å². The predicted molar refractivity (Wildman–Crippen MR) is 99.1 cm³/mol. The molecule has 0 aliphatic carbocycles. The standard InChI is InChI=1S/C20H22N2O3/c1-25-14-13-21-20(24)15-17-7-10-18(11-8-17)22-19(23)12-9-16-5-3-2-4-6-16/h2-12H,13-15H2,1H3,(H,21,24)(H,22,23)/b12-9+. The third-order valence-electron chi connectivity index (χ3n) is 3.44. The van der Waals surface area contributed by atoms with Gasteiger partial charge in [0, 0.05) is 25.4 Å². The number of nitrogens with one attached hydrogen (secondary N) is 2. The summed E-state index contributed by atoms with van der Waals surface area (Å²) in [7, 11) is 1.59. The molecule has 0 aliphatic rings. The van der Waals surface area contributed by atoms with Crippen LogP contribution in [-0.4, -0.2) is 32.1 Å². The van der Waals surface area contributed by atoms with Gasteiger partial charge in [-0.25, -0.2) is 0 Å². The Morgan fingerprint density at radius 2 is 1.76 bits per heavy atom. The Balaban J connectivity index is 1.82. The fourth-order valence-corrected chi connectivity index (χ4v) is 2.17. The largest absolute Gasteiger partial charge is 0.383 e. The first-order valence-corrected chi connectivity index (χ1v) is 8.06. The van der Waals surface area contributed by atoms with Crippen LogP contribution in [-0.2, 0) is 20.7 Å². The summed E-state index contributed by atoms with van der Waals surface area (Å²) in [6.45, 7) is 0.991. The normalized spacial score (nSPS) is 10.6. The van der Waals surface area contributed by atoms with Crippen molar-refractivity contribution in [3.8, 4) is 0 Å². The van der Waals surface area contributed by atoms with Crippen molar-refractivity contribution in [2.24, 2.45) is 0 Å². The zero-order valence-corrected chi connectivity index (χ0v) is 14.2. The summed E-state index contributed by atoms with van der Waals surface area (Å²) in [5, 5.41) is 5.56. The van der Waals surface area contributed by atoms with E-state index in [9.17, 15) is 9.59 Å². The van der Waals surface area contributed by atoms with Gasteiger partial charge in [-0.15, -0.1) is 0 Å². The molecule has 0 radical (unpaired) electrons. The number of benzene rings is 2. The monoisotopic (exact) mass is 338 g/mol. The fraction of sp³-hybridized carbons (Fsp3) is 0.200. The highest BCUT2D eigenvalue weighted by atomic mass is 16.5. The quantitative estimate of drug-likeness (QED) is 0.574. The number of methoxy groups -OCH3 is 1. The summed E-state index contributed by atoms with van der Waals surface area (Å²) in [6.07, 6.45) is 3.55. The lowest BCUT2D eigenvalue weighted by Gasteiger charge is -2.06. The first-order valence-electron chi connectivity index (χ1n) is 8.06. The van der Waals surface area contributed by atoms with E-state index in [-0.39, 0.29) is 11.8 Å². The Morgan fingerprint density at radius 3 is 2.44 bits per heavy atom. The van der Waals surface area contributed by atoms with Crippen molar-refractivity contribution in [3.63, 3.8) is 0 Å². The molecular weight excluding hydrogens is 316 g/mol. The second-order valence-corrected chi connectivity index (χ2v) is 5.45. The fourth-order valence-electron chi connectivity index (χ4n) is 2.17. The minimum absolute atomic E-state index is 0.0559. The van der Waals surface area contributed by atoms with Crippen molar-refractivity contribution in [2.75, 3.05) is 25.6 Å². The molecule has 2 aromatic carbocycles. The third kappa shape index (κ3) is 7.01. The molecule has 2 N–H and O–H groups in total. The molecule has 0 fully saturated rings. The van der Waals surface area contributed by atoms with Crippen LogP contribution < -0.4 is 10.6 Å². The molecule has 0 saturated carbocycles. The number of hydrogen-bond donors (Lipinski definition) is 2. The lowest BCUT2D eigenvalue weighted by Crippen LogP contribution is -2.28. The summed E-state index contributed by atoms with van der Waals surface area (Å²) in [5.74, 6) is -0.256. The maximum atomic E-state index is 11.9. The molecule has 0 aromatic heterocycles. The maximum absolute atomic E-state index is 11.9. The highest BCUT2D eigenvalue weighted by Crippen LogP contribution is 2.10. The van der Waals surface area contributed by atoms with Crippen molar-refractivity contribution in [2.45, 2.75) is 6.42 Å². The zero-order chi connectivity index (χ0) is 17.9. The molecule has 25 heavy (non-hydrogen) atoms. The van der Waals surface area contributed by atoms with E-state index in [1.807, 2.05) is 42.5 Å². The molecular formula is C20H22N2O3. The van der Waals surface area contributed by atoms with E-state index >= 15 is 0 Å². The molecule has 2 aromatic rings. The van der Waals surface area contributed by atoms with Crippen LogP contribution in [0.15, 0.2) is 60.7 Å². The second kappa shape index (κ2) is 10.1. The van der Waals surface area contributed by atoms with Crippen LogP contribution in [0.2, 0.25) is 0 Å². The van der Waals surface area contributed by atoms with E-state index in [4.69, 9.17) is 4.74 Å². The summed E-state index contributed by atoms with van der Waals surface area (Å²) in [6, 6.07) is 16.8. The average molecular weight is 338 g/mol. The van der Waals surface area contributed by atoms with E-state index in [2.05, 4.69) is 10.6 Å². The van der Waals surface area contributed by atoms with Gasteiger partial charge in [0.05, 0.1) is 13.0 Å². The van der Waals surface area contributed by atoms with E-state index < -0.39 is 0 Å². The van der Waals surface area contributed by atoms with E-state index in [0.717, 1.165) is 11.1 Å². The molecule has 0 spiro atoms. The molecule has 2 amide bonds. The minimum Gasteiger partial charge on any atom is -0.383 e. The van der Waals surface area contributed by atoms with Crippen LogP contribution >= 0.6 is 0 Å². The summed E-state index contributed by atoms with van der Waals surface area (Å²) in [5.41, 5.74) is 2.53. The number of carbonyl (C=O) groups excluding carboxylic acids is 2. The van der Waals surface area contributed by atoms with Crippen molar-refractivity contribution in [3.05, 3.63) is 71.8 Å². The SMILES string of the molecule is COCCNC(=O)Cc1ccc(NC(=O)/C=C/c2ccccc2)cc1. The van der Waals surface area contributed by atoms with Crippen molar-refractivity contribution >= 4 is 23.6 Å². The number of rotatable bonds is 8. The molecule has 0 bridgehead atoms. The topological polar surface area (TPSA) is 67.4 Å². The smallest absolute Gasteiger partial charge is 0.248 e. The van der Waals surface area contributed by atoms with Gasteiger partial charge < -0.3 is 15.4 Å². The first-order chi connectivity index (χ1) is 12.2. The minimum atomic E-state index is -0.200. The first kappa shape index (κ1) is 18.4. The number of hydrogen-bond acceptors (Lipinski definition) is 3. The molecule has 130 valence electrons. The molecule has 0 atom stereocenters. The predicted octanol–water partition coefficient (Wildman–Crippen LogP) is 2.64. The van der Waals surface area contributed by atoms with Gasteiger partial charge in [0.2, 0.25) is 11.8 Å². The van der Waals surface area contributed by atoms with Gasteiger partial charge in [-0.2, -0.15) is 0 Å². The van der Waals surface area contributed by atoms with Gasteiger partial charge >= 0.3 is 0 Å². The van der Waals surface area contributed by atoms with Crippen LogP contribution in [0, 0.1) is 0 Å². The lowest BCUT2D eigenvalue weighted by atomic mass is 10.1. The molecule has 0 heterocycles. The number of carbonyl (C=O) groups is 2. The van der Waals surface area contributed by atoms with Gasteiger partial charge in [-0.05, 0) is 29.3 Å². The Bertz CT molecular complexity index is 709. The Labute approximate surface area is 147 Å². The molecule has 0 saturated heterocycles. The van der Waals surface area contributed by atoms with Crippen LogP contribution in [0.4, 0.5) is 5.69 Å². The van der Waals surface area contributed by atoms with E-state index in [0.29, 0.717) is 25.3 Å². The zero-order valence-electron chi connectivity index (χ0n) is 14.2. The van der Waals surface area contributed by atoms with Gasteiger partial charge in [-0.3, -0.25) is 9.59 Å². The number of ether oxygens (including phenoxy) is 1. The Hall–Kier alpha value is -2.92. The number of anilines is 1. The van der Waals surface area contributed by atoms with E-state index in [1.54, 1.807) is 25.3 Å². The van der Waals surface area contributed by atoms with Gasteiger partial charge in [0.1, 0.15) is 0 Å². The van der Waals surface area contributed by atoms with E-state index in [1.165, 1.54) is 6.08 Å². The average Bonchev–Trinajstić information content (AvgIpc) is 2.63. The van der Waals surface area contributed by atoms with Crippen LogP contribution in [0.5, 0.6) is 0 Å². The third-order valence-corrected chi connectivity index (χ3v) is 3.44. The molecule has 5 heteroatoms. The van der Waals surface area contributed by atoms with Crippen molar-refractivity contribution < 1.29 is 14.3 Å². The van der Waals surface area contributed by atoms with Gasteiger partial charge in [0.15, 0.2) is 0 Å². The molecule has 5 nitrogen and oxygen atoms in total. The maximum Gasteiger partial charge on any atom is 0.248 e. The summed E-state index contributed by atoms with van der Waals surface area (Å²) < 4.78 is 4.88. The van der Waals surface area contributed by atoms with Crippen molar-refractivity contribution in [1.29, 1.82) is 0 Å². The van der Waals surface area contributed by atoms with Crippen LogP contribution in [0.1, 0.15) is 11.1 Å². The molecule has 0 unspecified atom stereocenters. The molecule has 0 aliphatic heterocycles. The number of amides is 2.